The van der Waals surface area contributed by atoms with Gasteiger partial charge in [0.15, 0.2) is 0 Å². The highest BCUT2D eigenvalue weighted by Gasteiger charge is 2.46. The summed E-state index contributed by atoms with van der Waals surface area (Å²) in [6, 6.07) is 2.16. The number of halogens is 1. The zero-order chi connectivity index (χ0) is 11.9. The Balaban J connectivity index is 1.77. The Bertz CT molecular complexity index is 402. The van der Waals surface area contributed by atoms with E-state index in [4.69, 9.17) is 0 Å². The van der Waals surface area contributed by atoms with E-state index >= 15 is 0 Å². The lowest BCUT2D eigenvalue weighted by molar-refractivity contribution is 0.0492. The molecule has 1 aliphatic heterocycles. The van der Waals surface area contributed by atoms with E-state index in [1.807, 2.05) is 11.3 Å². The van der Waals surface area contributed by atoms with Crippen molar-refractivity contribution >= 4 is 27.3 Å². The minimum atomic E-state index is 0.377. The number of hydrogen-bond acceptors (Lipinski definition) is 3. The van der Waals surface area contributed by atoms with Gasteiger partial charge in [-0.05, 0) is 53.1 Å². The molecule has 2 nitrogen and oxygen atoms in total. The summed E-state index contributed by atoms with van der Waals surface area (Å²) in [5.74, 6) is 0.911. The fraction of sp³-hybridized carbons (Fsp3) is 0.692. The molecule has 1 aromatic rings. The Kier molecular flexibility index (Phi) is 3.32. The van der Waals surface area contributed by atoms with E-state index in [1.165, 1.54) is 28.7 Å². The summed E-state index contributed by atoms with van der Waals surface area (Å²) in [7, 11) is 0. The van der Waals surface area contributed by atoms with E-state index < -0.39 is 0 Å². The smallest absolute Gasteiger partial charge is 0.0345 e. The highest BCUT2D eigenvalue weighted by molar-refractivity contribution is 9.10. The van der Waals surface area contributed by atoms with E-state index in [2.05, 4.69) is 44.5 Å². The van der Waals surface area contributed by atoms with Gasteiger partial charge in [0, 0.05) is 41.1 Å². The Hall–Kier alpha value is 0.100. The first-order valence-electron chi connectivity index (χ1n) is 6.38. The third-order valence-electron chi connectivity index (χ3n) is 4.25. The number of piperazine rings is 1. The average molecular weight is 315 g/mol. The van der Waals surface area contributed by atoms with Crippen LogP contribution in [0.4, 0.5) is 0 Å². The van der Waals surface area contributed by atoms with E-state index in [-0.39, 0.29) is 0 Å². The van der Waals surface area contributed by atoms with Crippen LogP contribution >= 0.6 is 27.3 Å². The molecule has 1 aromatic heterocycles. The first-order chi connectivity index (χ1) is 8.20. The molecule has 1 unspecified atom stereocenters. The quantitative estimate of drug-likeness (QED) is 0.922. The van der Waals surface area contributed by atoms with Crippen LogP contribution in [-0.4, -0.2) is 30.1 Å². The van der Waals surface area contributed by atoms with E-state index in [9.17, 15) is 0 Å². The molecule has 94 valence electrons. The van der Waals surface area contributed by atoms with Gasteiger partial charge in [-0.2, -0.15) is 0 Å². The summed E-state index contributed by atoms with van der Waals surface area (Å²) in [6.07, 6.45) is 2.83. The Morgan fingerprint density at radius 2 is 2.41 bits per heavy atom. The van der Waals surface area contributed by atoms with Gasteiger partial charge in [-0.25, -0.2) is 0 Å². The molecule has 17 heavy (non-hydrogen) atoms. The molecule has 1 saturated carbocycles. The maximum absolute atomic E-state index is 3.65. The molecule has 0 bridgehead atoms. The number of rotatable bonds is 3. The molecule has 3 rings (SSSR count). The van der Waals surface area contributed by atoms with Crippen LogP contribution in [0.5, 0.6) is 0 Å². The van der Waals surface area contributed by atoms with Gasteiger partial charge in [0.25, 0.3) is 0 Å². The molecule has 4 heteroatoms. The normalized spacial score (nSPS) is 30.7. The highest BCUT2D eigenvalue weighted by Crippen LogP contribution is 2.44. The van der Waals surface area contributed by atoms with Crippen molar-refractivity contribution in [1.29, 1.82) is 0 Å². The number of thiophene rings is 1. The highest BCUT2D eigenvalue weighted by atomic mass is 79.9. The predicted molar refractivity (Wildman–Crippen MR) is 76.4 cm³/mol. The second-order valence-corrected chi connectivity index (χ2v) is 7.28. The van der Waals surface area contributed by atoms with E-state index in [0.29, 0.717) is 5.54 Å². The van der Waals surface area contributed by atoms with Gasteiger partial charge >= 0.3 is 0 Å². The minimum absolute atomic E-state index is 0.377. The average Bonchev–Trinajstić information content (AvgIpc) is 3.09. The maximum atomic E-state index is 3.65. The monoisotopic (exact) mass is 314 g/mol. The van der Waals surface area contributed by atoms with Crippen LogP contribution < -0.4 is 5.32 Å². The minimum Gasteiger partial charge on any atom is -0.314 e. The summed E-state index contributed by atoms with van der Waals surface area (Å²) >= 11 is 5.52. The number of nitrogens with one attached hydrogen (secondary N) is 1. The lowest BCUT2D eigenvalue weighted by Crippen LogP contribution is -2.60. The second-order valence-electron chi connectivity index (χ2n) is 5.42. The first-order valence-corrected chi connectivity index (χ1v) is 8.05. The van der Waals surface area contributed by atoms with Crippen LogP contribution in [0.25, 0.3) is 0 Å². The second kappa shape index (κ2) is 4.65. The first kappa shape index (κ1) is 12.2. The van der Waals surface area contributed by atoms with Crippen molar-refractivity contribution in [1.82, 2.24) is 10.2 Å². The van der Waals surface area contributed by atoms with Crippen molar-refractivity contribution in [3.05, 3.63) is 20.8 Å². The molecular formula is C13H19BrN2S. The summed E-state index contributed by atoms with van der Waals surface area (Å²) in [4.78, 5) is 4.16. The van der Waals surface area contributed by atoms with Gasteiger partial charge in [0.05, 0.1) is 0 Å². The lowest BCUT2D eigenvalue weighted by atomic mass is 9.91. The Morgan fingerprint density at radius 3 is 3.06 bits per heavy atom. The number of nitrogens with zero attached hydrogens (tertiary/aromatic N) is 1. The van der Waals surface area contributed by atoms with Gasteiger partial charge < -0.3 is 5.32 Å². The van der Waals surface area contributed by atoms with Crippen LogP contribution in [0, 0.1) is 5.92 Å². The van der Waals surface area contributed by atoms with Gasteiger partial charge in [-0.1, -0.05) is 0 Å². The third kappa shape index (κ3) is 2.33. The van der Waals surface area contributed by atoms with Crippen molar-refractivity contribution in [3.63, 3.8) is 0 Å². The molecule has 1 N–H and O–H groups in total. The topological polar surface area (TPSA) is 15.3 Å². The van der Waals surface area contributed by atoms with Crippen molar-refractivity contribution in [2.24, 2.45) is 5.92 Å². The van der Waals surface area contributed by atoms with Crippen molar-refractivity contribution < 1.29 is 0 Å². The molecule has 1 saturated heterocycles. The predicted octanol–water partition coefficient (Wildman–Crippen LogP) is 3.08. The molecule has 0 aromatic carbocycles. The summed E-state index contributed by atoms with van der Waals surface area (Å²) in [6.45, 7) is 7.01. The standard InChI is InChI=1S/C13H19BrN2S/c1-13(10-2-3-10)9-15-5-6-16(13)8-12-11(14)4-7-17-12/h4,7,10,15H,2-3,5-6,8-9H2,1H3. The van der Waals surface area contributed by atoms with Gasteiger partial charge in [-0.15, -0.1) is 11.3 Å². The van der Waals surface area contributed by atoms with Crippen LogP contribution in [-0.2, 0) is 6.54 Å². The van der Waals surface area contributed by atoms with E-state index in [0.717, 1.165) is 25.6 Å². The molecule has 0 radical (unpaired) electrons. The largest absolute Gasteiger partial charge is 0.314 e. The summed E-state index contributed by atoms with van der Waals surface area (Å²) in [5.41, 5.74) is 0.377. The van der Waals surface area contributed by atoms with Crippen molar-refractivity contribution in [2.45, 2.75) is 31.8 Å². The zero-order valence-corrected chi connectivity index (χ0v) is 12.6. The molecule has 1 atom stereocenters. The fourth-order valence-corrected chi connectivity index (χ4v) is 4.39. The van der Waals surface area contributed by atoms with Crippen LogP contribution in [0.15, 0.2) is 15.9 Å². The van der Waals surface area contributed by atoms with Crippen LogP contribution in [0.1, 0.15) is 24.6 Å². The molecule has 2 aliphatic rings. The summed E-state index contributed by atoms with van der Waals surface area (Å²) < 4.78 is 1.28. The molecule has 2 fully saturated rings. The van der Waals surface area contributed by atoms with Crippen LogP contribution in [0.2, 0.25) is 0 Å². The van der Waals surface area contributed by atoms with E-state index in [1.54, 1.807) is 0 Å². The zero-order valence-electron chi connectivity index (χ0n) is 10.2. The molecule has 0 spiro atoms. The van der Waals surface area contributed by atoms with Crippen LogP contribution in [0.3, 0.4) is 0 Å². The molecule has 2 heterocycles. The Morgan fingerprint density at radius 1 is 1.59 bits per heavy atom. The van der Waals surface area contributed by atoms with Gasteiger partial charge in [0.2, 0.25) is 0 Å². The summed E-state index contributed by atoms with van der Waals surface area (Å²) in [5, 5.41) is 5.75. The van der Waals surface area contributed by atoms with Crippen molar-refractivity contribution in [2.75, 3.05) is 19.6 Å². The number of hydrogen-bond donors (Lipinski definition) is 1. The van der Waals surface area contributed by atoms with Crippen molar-refractivity contribution in [3.8, 4) is 0 Å². The third-order valence-corrected chi connectivity index (χ3v) is 6.16. The Labute approximate surface area is 116 Å². The molecule has 1 aliphatic carbocycles. The molecular weight excluding hydrogens is 296 g/mol. The maximum Gasteiger partial charge on any atom is 0.0345 e. The SMILES string of the molecule is CC1(C2CC2)CNCCN1Cc1sccc1Br. The van der Waals surface area contributed by atoms with Gasteiger partial charge in [-0.3, -0.25) is 4.90 Å². The molecule has 0 amide bonds. The lowest BCUT2D eigenvalue weighted by Gasteiger charge is -2.45. The van der Waals surface area contributed by atoms with Gasteiger partial charge in [0.1, 0.15) is 0 Å². The fourth-order valence-electron chi connectivity index (χ4n) is 2.90.